The molecule has 0 bridgehead atoms. The van der Waals surface area contributed by atoms with E-state index in [-0.39, 0.29) is 0 Å². The highest BCUT2D eigenvalue weighted by atomic mass is 19.4. The van der Waals surface area contributed by atoms with Crippen LogP contribution in [-0.4, -0.2) is 29.7 Å². The van der Waals surface area contributed by atoms with Crippen LogP contribution in [0.4, 0.5) is 18.9 Å². The van der Waals surface area contributed by atoms with Gasteiger partial charge in [-0.25, -0.2) is 0 Å². The highest BCUT2D eigenvalue weighted by molar-refractivity contribution is 5.78. The molecule has 1 atom stereocenters. The van der Waals surface area contributed by atoms with Gasteiger partial charge in [-0.05, 0) is 111 Å². The van der Waals surface area contributed by atoms with Crippen LogP contribution in [0, 0.1) is 41.5 Å². The molecule has 0 aliphatic carbocycles. The van der Waals surface area contributed by atoms with Crippen LogP contribution in [0.5, 0.6) is 0 Å². The lowest BCUT2D eigenvalue weighted by Crippen LogP contribution is -2.54. The number of hydrogen-bond donors (Lipinski definition) is 2. The largest absolute Gasteiger partial charge is 0.418 e. The minimum Gasteiger partial charge on any atom is -0.382 e. The molecule has 1 unspecified atom stereocenters. The van der Waals surface area contributed by atoms with Gasteiger partial charge in [0, 0.05) is 11.3 Å². The third-order valence-corrected chi connectivity index (χ3v) is 6.92. The van der Waals surface area contributed by atoms with Gasteiger partial charge >= 0.3 is 6.18 Å². The van der Waals surface area contributed by atoms with E-state index in [4.69, 9.17) is 0 Å². The number of rotatable bonds is 7. The van der Waals surface area contributed by atoms with E-state index in [0.717, 1.165) is 33.4 Å². The van der Waals surface area contributed by atoms with Crippen molar-refractivity contribution in [2.75, 3.05) is 11.9 Å². The van der Waals surface area contributed by atoms with Crippen molar-refractivity contribution in [1.82, 2.24) is 0 Å². The molecule has 0 fully saturated rings. The molecule has 176 valence electrons. The molecule has 0 saturated heterocycles. The standard InChI is InChI=1S/C26H34F3NO2/c1-15-11-22(10-9-21(15)12-31)30-14-25(32,26(27,28)29)13-24(7,8)23-19(5)17(3)16(2)18(4)20(23)6/h9-12,30,32H,13-14H2,1-8H3. The highest BCUT2D eigenvalue weighted by Crippen LogP contribution is 2.44. The van der Waals surface area contributed by atoms with Crippen LogP contribution in [-0.2, 0) is 5.41 Å². The van der Waals surface area contributed by atoms with Gasteiger partial charge in [0.25, 0.3) is 0 Å². The van der Waals surface area contributed by atoms with Crippen molar-refractivity contribution in [3.8, 4) is 0 Å². The molecule has 32 heavy (non-hydrogen) atoms. The number of anilines is 1. The Balaban J connectivity index is 2.44. The van der Waals surface area contributed by atoms with Crippen molar-refractivity contribution in [2.24, 2.45) is 0 Å². The average Bonchev–Trinajstić information content (AvgIpc) is 2.68. The molecule has 2 N–H and O–H groups in total. The van der Waals surface area contributed by atoms with E-state index in [1.807, 2.05) is 34.6 Å². The smallest absolute Gasteiger partial charge is 0.382 e. The topological polar surface area (TPSA) is 49.3 Å². The minimum atomic E-state index is -4.83. The summed E-state index contributed by atoms with van der Waals surface area (Å²) < 4.78 is 42.4. The molecule has 0 spiro atoms. The number of hydrogen-bond acceptors (Lipinski definition) is 3. The number of carbonyl (C=O) groups is 1. The predicted molar refractivity (Wildman–Crippen MR) is 124 cm³/mol. The van der Waals surface area contributed by atoms with Crippen LogP contribution < -0.4 is 5.32 Å². The second-order valence-electron chi connectivity index (χ2n) is 9.63. The lowest BCUT2D eigenvalue weighted by Gasteiger charge is -2.40. The van der Waals surface area contributed by atoms with E-state index in [0.29, 0.717) is 23.1 Å². The normalized spacial score (nSPS) is 14.2. The van der Waals surface area contributed by atoms with Crippen LogP contribution in [0.25, 0.3) is 0 Å². The number of aryl methyl sites for hydroxylation is 1. The molecule has 0 saturated carbocycles. The highest BCUT2D eigenvalue weighted by Gasteiger charge is 2.56. The second-order valence-corrected chi connectivity index (χ2v) is 9.63. The number of halogens is 3. The van der Waals surface area contributed by atoms with Crippen molar-refractivity contribution < 1.29 is 23.1 Å². The molecule has 0 heterocycles. The lowest BCUT2D eigenvalue weighted by molar-refractivity contribution is -0.260. The Bertz CT molecular complexity index is 996. The van der Waals surface area contributed by atoms with Gasteiger partial charge in [0.2, 0.25) is 0 Å². The quantitative estimate of drug-likeness (QED) is 0.480. The van der Waals surface area contributed by atoms with Crippen molar-refractivity contribution in [2.45, 2.75) is 79.0 Å². The second kappa shape index (κ2) is 8.89. The average molecular weight is 450 g/mol. The Hall–Kier alpha value is -2.34. The zero-order valence-electron chi connectivity index (χ0n) is 20.2. The third-order valence-electron chi connectivity index (χ3n) is 6.92. The molecule has 0 aliphatic rings. The zero-order valence-corrected chi connectivity index (χ0v) is 20.2. The summed E-state index contributed by atoms with van der Waals surface area (Å²) in [5, 5.41) is 13.6. The van der Waals surface area contributed by atoms with E-state index in [2.05, 4.69) is 5.32 Å². The molecule has 0 radical (unpaired) electrons. The van der Waals surface area contributed by atoms with Crippen LogP contribution in [0.15, 0.2) is 18.2 Å². The Morgan fingerprint density at radius 1 is 0.906 bits per heavy atom. The van der Waals surface area contributed by atoms with E-state index in [1.54, 1.807) is 39.0 Å². The summed E-state index contributed by atoms with van der Waals surface area (Å²) in [4.78, 5) is 11.0. The summed E-state index contributed by atoms with van der Waals surface area (Å²) in [7, 11) is 0. The maximum absolute atomic E-state index is 14.1. The number of nitrogens with one attached hydrogen (secondary N) is 1. The lowest BCUT2D eigenvalue weighted by atomic mass is 9.70. The first-order valence-corrected chi connectivity index (χ1v) is 10.7. The van der Waals surface area contributed by atoms with Crippen LogP contribution in [0.2, 0.25) is 0 Å². The molecule has 2 aromatic rings. The van der Waals surface area contributed by atoms with Crippen LogP contribution in [0.1, 0.15) is 69.6 Å². The Morgan fingerprint density at radius 2 is 1.41 bits per heavy atom. The van der Waals surface area contributed by atoms with Gasteiger partial charge in [-0.3, -0.25) is 4.79 Å². The van der Waals surface area contributed by atoms with Gasteiger partial charge in [-0.1, -0.05) is 13.8 Å². The van der Waals surface area contributed by atoms with E-state index >= 15 is 0 Å². The fourth-order valence-electron chi connectivity index (χ4n) is 4.76. The number of carbonyl (C=O) groups excluding carboxylic acids is 1. The molecule has 0 aliphatic heterocycles. The first kappa shape index (κ1) is 25.9. The third kappa shape index (κ3) is 4.85. The molecule has 3 nitrogen and oxygen atoms in total. The number of aldehydes is 1. The Morgan fingerprint density at radius 3 is 1.84 bits per heavy atom. The number of benzene rings is 2. The first-order chi connectivity index (χ1) is 14.6. The molecular formula is C26H34F3NO2. The van der Waals surface area contributed by atoms with Crippen molar-refractivity contribution in [3.63, 3.8) is 0 Å². The van der Waals surface area contributed by atoms with Gasteiger partial charge in [-0.15, -0.1) is 0 Å². The predicted octanol–water partition coefficient (Wildman–Crippen LogP) is 6.42. The van der Waals surface area contributed by atoms with Crippen LogP contribution >= 0.6 is 0 Å². The summed E-state index contributed by atoms with van der Waals surface area (Å²) in [6.45, 7) is 14.4. The summed E-state index contributed by atoms with van der Waals surface area (Å²) >= 11 is 0. The summed E-state index contributed by atoms with van der Waals surface area (Å²) in [5.74, 6) is 0. The van der Waals surface area contributed by atoms with E-state index in [9.17, 15) is 23.1 Å². The Labute approximate surface area is 189 Å². The fraction of sp³-hybridized carbons (Fsp3) is 0.500. The Kier molecular flexibility index (Phi) is 7.20. The van der Waals surface area contributed by atoms with Crippen molar-refractivity contribution >= 4 is 12.0 Å². The number of alkyl halides is 3. The van der Waals surface area contributed by atoms with Gasteiger partial charge in [-0.2, -0.15) is 13.2 Å². The first-order valence-electron chi connectivity index (χ1n) is 10.7. The maximum atomic E-state index is 14.1. The maximum Gasteiger partial charge on any atom is 0.418 e. The minimum absolute atomic E-state index is 0.419. The molecule has 2 aromatic carbocycles. The monoisotopic (exact) mass is 449 g/mol. The van der Waals surface area contributed by atoms with Crippen molar-refractivity contribution in [1.29, 1.82) is 0 Å². The zero-order chi connectivity index (χ0) is 24.6. The molecular weight excluding hydrogens is 415 g/mol. The van der Waals surface area contributed by atoms with Crippen molar-refractivity contribution in [3.05, 3.63) is 62.7 Å². The van der Waals surface area contributed by atoms with Gasteiger partial charge in [0.15, 0.2) is 5.60 Å². The molecule has 6 heteroatoms. The molecule has 0 amide bonds. The van der Waals surface area contributed by atoms with Crippen LogP contribution in [0.3, 0.4) is 0 Å². The van der Waals surface area contributed by atoms with E-state index in [1.165, 1.54) is 0 Å². The summed E-state index contributed by atoms with van der Waals surface area (Å²) in [6, 6.07) is 4.69. The number of aliphatic hydroxyl groups is 1. The molecule has 2 rings (SSSR count). The fourth-order valence-corrected chi connectivity index (χ4v) is 4.76. The van der Waals surface area contributed by atoms with E-state index < -0.39 is 30.2 Å². The van der Waals surface area contributed by atoms with Gasteiger partial charge < -0.3 is 10.4 Å². The van der Waals surface area contributed by atoms with Gasteiger partial charge in [0.1, 0.15) is 6.29 Å². The van der Waals surface area contributed by atoms with Gasteiger partial charge in [0.05, 0.1) is 6.54 Å². The summed E-state index contributed by atoms with van der Waals surface area (Å²) in [5.41, 5.74) is 3.72. The SMILES string of the molecule is Cc1cc(NCC(O)(CC(C)(C)c2c(C)c(C)c(C)c(C)c2C)C(F)(F)F)ccc1C=O. The molecule has 0 aromatic heterocycles. The summed E-state index contributed by atoms with van der Waals surface area (Å²) in [6.07, 6.45) is -4.62.